The highest BCUT2D eigenvalue weighted by Crippen LogP contribution is 2.51. The summed E-state index contributed by atoms with van der Waals surface area (Å²) in [5.41, 5.74) is 3.85. The molecule has 1 nitrogen and oxygen atoms in total. The van der Waals surface area contributed by atoms with Crippen LogP contribution in [0.25, 0.3) is 0 Å². The van der Waals surface area contributed by atoms with Crippen molar-refractivity contribution in [3.63, 3.8) is 0 Å². The SMILES string of the molecule is CC(C)(C)C1C2=C(CCCC2)SC(=O)c2ccccc21. The Morgan fingerprint density at radius 3 is 2.55 bits per heavy atom. The van der Waals surface area contributed by atoms with Crippen LogP contribution in [0.1, 0.15) is 68.3 Å². The summed E-state index contributed by atoms with van der Waals surface area (Å²) in [6.07, 6.45) is 4.74. The van der Waals surface area contributed by atoms with Crippen molar-refractivity contribution < 1.29 is 4.79 Å². The van der Waals surface area contributed by atoms with Crippen LogP contribution in [0.15, 0.2) is 34.7 Å². The molecule has 0 saturated carbocycles. The molecule has 2 heteroatoms. The van der Waals surface area contributed by atoms with Crippen LogP contribution >= 0.6 is 11.8 Å². The van der Waals surface area contributed by atoms with Gasteiger partial charge in [-0.05, 0) is 41.6 Å². The van der Waals surface area contributed by atoms with Gasteiger partial charge >= 0.3 is 0 Å². The quantitative estimate of drug-likeness (QED) is 0.623. The van der Waals surface area contributed by atoms with Crippen LogP contribution in [0.3, 0.4) is 0 Å². The molecule has 0 fully saturated rings. The van der Waals surface area contributed by atoms with E-state index in [9.17, 15) is 4.79 Å². The van der Waals surface area contributed by atoms with Crippen molar-refractivity contribution in [2.45, 2.75) is 52.4 Å². The van der Waals surface area contributed by atoms with Crippen LogP contribution in [0.4, 0.5) is 0 Å². The highest BCUT2D eigenvalue weighted by Gasteiger charge is 2.37. The van der Waals surface area contributed by atoms with E-state index in [-0.39, 0.29) is 10.5 Å². The van der Waals surface area contributed by atoms with Gasteiger partial charge in [-0.25, -0.2) is 0 Å². The monoisotopic (exact) mass is 286 g/mol. The van der Waals surface area contributed by atoms with E-state index in [1.165, 1.54) is 40.6 Å². The molecule has 0 saturated heterocycles. The molecular formula is C18H22OS. The minimum Gasteiger partial charge on any atom is -0.281 e. The Labute approximate surface area is 125 Å². The standard InChI is InChI=1S/C18H22OS/c1-18(2,3)16-12-8-4-5-9-13(12)17(19)20-15-11-7-6-10-14(15)16/h4-5,8-9,16H,6-7,10-11H2,1-3H3. The lowest BCUT2D eigenvalue weighted by atomic mass is 9.69. The second kappa shape index (κ2) is 5.07. The van der Waals surface area contributed by atoms with Crippen molar-refractivity contribution in [3.8, 4) is 0 Å². The molecule has 1 atom stereocenters. The van der Waals surface area contributed by atoms with Gasteiger partial charge in [-0.1, -0.05) is 62.4 Å². The maximum Gasteiger partial charge on any atom is 0.224 e. The van der Waals surface area contributed by atoms with Crippen molar-refractivity contribution in [3.05, 3.63) is 45.9 Å². The van der Waals surface area contributed by atoms with Gasteiger partial charge in [-0.3, -0.25) is 4.79 Å². The minimum absolute atomic E-state index is 0.152. The van der Waals surface area contributed by atoms with E-state index in [1.807, 2.05) is 12.1 Å². The van der Waals surface area contributed by atoms with Gasteiger partial charge in [0, 0.05) is 11.5 Å². The minimum atomic E-state index is 0.152. The van der Waals surface area contributed by atoms with E-state index in [0.717, 1.165) is 18.4 Å². The summed E-state index contributed by atoms with van der Waals surface area (Å²) in [4.78, 5) is 13.9. The van der Waals surface area contributed by atoms with Gasteiger partial charge in [0.2, 0.25) is 5.12 Å². The number of carbonyl (C=O) groups is 1. The zero-order valence-corrected chi connectivity index (χ0v) is 13.3. The number of allylic oxidation sites excluding steroid dienone is 2. The molecule has 0 bridgehead atoms. The van der Waals surface area contributed by atoms with E-state index in [0.29, 0.717) is 5.92 Å². The van der Waals surface area contributed by atoms with Crippen LogP contribution in [-0.2, 0) is 0 Å². The number of hydrogen-bond acceptors (Lipinski definition) is 2. The zero-order valence-electron chi connectivity index (χ0n) is 12.5. The molecule has 1 aliphatic heterocycles. The predicted molar refractivity (Wildman–Crippen MR) is 86.1 cm³/mol. The van der Waals surface area contributed by atoms with Crippen LogP contribution in [0, 0.1) is 5.41 Å². The van der Waals surface area contributed by atoms with Gasteiger partial charge in [0.1, 0.15) is 0 Å². The van der Waals surface area contributed by atoms with Gasteiger partial charge in [0.05, 0.1) is 0 Å². The molecule has 1 heterocycles. The summed E-state index contributed by atoms with van der Waals surface area (Å²) in [5.74, 6) is 0.382. The summed E-state index contributed by atoms with van der Waals surface area (Å²) in [5, 5.41) is 0.238. The Morgan fingerprint density at radius 2 is 1.80 bits per heavy atom. The van der Waals surface area contributed by atoms with Gasteiger partial charge in [0.25, 0.3) is 0 Å². The summed E-state index contributed by atoms with van der Waals surface area (Å²) in [7, 11) is 0. The van der Waals surface area contributed by atoms with Crippen LogP contribution < -0.4 is 0 Å². The molecular weight excluding hydrogens is 264 g/mol. The first kappa shape index (κ1) is 13.9. The second-order valence-electron chi connectivity index (χ2n) is 6.93. The molecule has 0 radical (unpaired) electrons. The molecule has 0 N–H and O–H groups in total. The van der Waals surface area contributed by atoms with Crippen molar-refractivity contribution >= 4 is 16.9 Å². The van der Waals surface area contributed by atoms with E-state index < -0.39 is 0 Å². The molecule has 106 valence electrons. The molecule has 2 aliphatic rings. The van der Waals surface area contributed by atoms with E-state index in [1.54, 1.807) is 0 Å². The van der Waals surface area contributed by atoms with Crippen LogP contribution in [-0.4, -0.2) is 5.12 Å². The lowest BCUT2D eigenvalue weighted by Gasteiger charge is -2.35. The maximum absolute atomic E-state index is 12.6. The van der Waals surface area contributed by atoms with Gasteiger partial charge in [-0.2, -0.15) is 0 Å². The van der Waals surface area contributed by atoms with Gasteiger partial charge in [0.15, 0.2) is 0 Å². The molecule has 0 aromatic heterocycles. The van der Waals surface area contributed by atoms with Crippen molar-refractivity contribution in [2.24, 2.45) is 5.41 Å². The molecule has 0 amide bonds. The first-order valence-corrected chi connectivity index (χ1v) is 8.33. The number of fused-ring (bicyclic) bond motifs is 1. The number of carbonyl (C=O) groups excluding carboxylic acids is 1. The van der Waals surface area contributed by atoms with Gasteiger partial charge in [-0.15, -0.1) is 0 Å². The third kappa shape index (κ3) is 2.35. The van der Waals surface area contributed by atoms with E-state index >= 15 is 0 Å². The Hall–Kier alpha value is -1.02. The highest BCUT2D eigenvalue weighted by atomic mass is 32.2. The average Bonchev–Trinajstić information content (AvgIpc) is 2.52. The number of hydrogen-bond donors (Lipinski definition) is 0. The Bertz CT molecular complexity index is 577. The lowest BCUT2D eigenvalue weighted by molar-refractivity contribution is 0.108. The molecule has 20 heavy (non-hydrogen) atoms. The largest absolute Gasteiger partial charge is 0.281 e. The fourth-order valence-electron chi connectivity index (χ4n) is 3.60. The fourth-order valence-corrected chi connectivity index (χ4v) is 4.72. The van der Waals surface area contributed by atoms with E-state index in [4.69, 9.17) is 0 Å². The summed E-state index contributed by atoms with van der Waals surface area (Å²) in [6, 6.07) is 8.22. The average molecular weight is 286 g/mol. The third-order valence-corrected chi connectivity index (χ3v) is 5.50. The number of rotatable bonds is 0. The summed E-state index contributed by atoms with van der Waals surface area (Å²) < 4.78 is 0. The third-order valence-electron chi connectivity index (χ3n) is 4.38. The molecule has 1 unspecified atom stereocenters. The first-order chi connectivity index (χ1) is 9.48. The molecule has 1 aliphatic carbocycles. The summed E-state index contributed by atoms with van der Waals surface area (Å²) >= 11 is 1.49. The number of benzene rings is 1. The molecule has 3 rings (SSSR count). The van der Waals surface area contributed by atoms with E-state index in [2.05, 4.69) is 32.9 Å². The normalized spacial score (nSPS) is 23.1. The number of thioether (sulfide) groups is 1. The van der Waals surface area contributed by atoms with Gasteiger partial charge < -0.3 is 0 Å². The maximum atomic E-state index is 12.6. The predicted octanol–water partition coefficient (Wildman–Crippen LogP) is 5.53. The Balaban J connectivity index is 2.23. The Kier molecular flexibility index (Phi) is 3.53. The van der Waals surface area contributed by atoms with Crippen molar-refractivity contribution in [1.82, 2.24) is 0 Å². The molecule has 1 aromatic rings. The second-order valence-corrected chi connectivity index (χ2v) is 8.00. The molecule has 1 aromatic carbocycles. The molecule has 0 spiro atoms. The van der Waals surface area contributed by atoms with Crippen molar-refractivity contribution in [1.29, 1.82) is 0 Å². The zero-order chi connectivity index (χ0) is 14.3. The Morgan fingerprint density at radius 1 is 1.10 bits per heavy atom. The van der Waals surface area contributed by atoms with Crippen LogP contribution in [0.2, 0.25) is 0 Å². The van der Waals surface area contributed by atoms with Crippen molar-refractivity contribution in [2.75, 3.05) is 0 Å². The lowest BCUT2D eigenvalue weighted by Crippen LogP contribution is -2.22. The summed E-state index contributed by atoms with van der Waals surface area (Å²) in [6.45, 7) is 6.90. The topological polar surface area (TPSA) is 17.1 Å². The highest BCUT2D eigenvalue weighted by molar-refractivity contribution is 8.17. The first-order valence-electron chi connectivity index (χ1n) is 7.51. The van der Waals surface area contributed by atoms with Crippen LogP contribution in [0.5, 0.6) is 0 Å². The fraction of sp³-hybridized carbons (Fsp3) is 0.500. The smallest absolute Gasteiger partial charge is 0.224 e.